The summed E-state index contributed by atoms with van der Waals surface area (Å²) >= 11 is 5.98. The molecule has 0 radical (unpaired) electrons. The van der Waals surface area contributed by atoms with Crippen molar-refractivity contribution < 1.29 is 19.1 Å². The summed E-state index contributed by atoms with van der Waals surface area (Å²) in [6, 6.07) is 12.9. The first-order valence-electron chi connectivity index (χ1n) is 11.2. The fourth-order valence-electron chi connectivity index (χ4n) is 3.88. The van der Waals surface area contributed by atoms with Crippen LogP contribution in [0.4, 0.5) is 5.69 Å². The third-order valence-corrected chi connectivity index (χ3v) is 6.06. The zero-order valence-electron chi connectivity index (χ0n) is 19.2. The average Bonchev–Trinajstić information content (AvgIpc) is 3.29. The Labute approximate surface area is 199 Å². The first-order valence-corrected chi connectivity index (χ1v) is 11.6. The first-order chi connectivity index (χ1) is 15.7. The van der Waals surface area contributed by atoms with Gasteiger partial charge in [-0.05, 0) is 59.7 Å². The number of rotatable bonds is 5. The number of hydrogen-bond donors (Lipinski definition) is 1. The molecule has 0 aliphatic carbocycles. The van der Waals surface area contributed by atoms with E-state index in [0.717, 1.165) is 30.6 Å². The van der Waals surface area contributed by atoms with Gasteiger partial charge in [0.15, 0.2) is 11.5 Å². The van der Waals surface area contributed by atoms with E-state index in [1.165, 1.54) is 4.90 Å². The Kier molecular flexibility index (Phi) is 6.77. The summed E-state index contributed by atoms with van der Waals surface area (Å²) in [6.45, 7) is 7.37. The van der Waals surface area contributed by atoms with Crippen LogP contribution >= 0.6 is 11.6 Å². The molecular formula is C26H29ClN2O4. The third kappa shape index (κ3) is 5.57. The maximum atomic E-state index is 13.4. The van der Waals surface area contributed by atoms with Crippen molar-refractivity contribution in [1.82, 2.24) is 5.32 Å². The van der Waals surface area contributed by atoms with Crippen LogP contribution in [0.3, 0.4) is 0 Å². The molecule has 2 aliphatic heterocycles. The van der Waals surface area contributed by atoms with Crippen molar-refractivity contribution in [3.8, 4) is 5.75 Å². The predicted octanol–water partition coefficient (Wildman–Crippen LogP) is 4.70. The number of fused-ring (bicyclic) bond motifs is 1. The highest BCUT2D eigenvalue weighted by molar-refractivity contribution is 6.30. The Hall–Kier alpha value is -2.83. The van der Waals surface area contributed by atoms with Crippen molar-refractivity contribution in [2.45, 2.75) is 45.1 Å². The number of nitrogens with one attached hydrogen (secondary N) is 1. The number of halogens is 1. The third-order valence-electron chi connectivity index (χ3n) is 5.81. The molecule has 2 aromatic carbocycles. The molecule has 1 saturated heterocycles. The van der Waals surface area contributed by atoms with Crippen LogP contribution < -0.4 is 15.0 Å². The van der Waals surface area contributed by atoms with Crippen LogP contribution in [0.15, 0.2) is 48.2 Å². The second-order valence-corrected chi connectivity index (χ2v) is 9.86. The van der Waals surface area contributed by atoms with E-state index < -0.39 is 0 Å². The van der Waals surface area contributed by atoms with E-state index in [2.05, 4.69) is 26.1 Å². The van der Waals surface area contributed by atoms with E-state index in [1.807, 2.05) is 30.3 Å². The number of carbonyl (C=O) groups excluding carboxylic acids is 2. The van der Waals surface area contributed by atoms with E-state index >= 15 is 0 Å². The summed E-state index contributed by atoms with van der Waals surface area (Å²) in [6.07, 6.45) is 3.64. The largest absolute Gasteiger partial charge is 0.449 e. The normalized spacial score (nSPS) is 19.4. The van der Waals surface area contributed by atoms with Crippen LogP contribution in [0.1, 0.15) is 44.7 Å². The molecule has 2 aromatic rings. The number of anilines is 1. The van der Waals surface area contributed by atoms with Crippen molar-refractivity contribution in [1.29, 1.82) is 0 Å². The highest BCUT2D eigenvalue weighted by Gasteiger charge is 2.33. The van der Waals surface area contributed by atoms with Crippen molar-refractivity contribution >= 4 is 35.2 Å². The van der Waals surface area contributed by atoms with Crippen LogP contribution in [0.2, 0.25) is 5.02 Å². The van der Waals surface area contributed by atoms with Crippen molar-refractivity contribution in [3.63, 3.8) is 0 Å². The van der Waals surface area contributed by atoms with Gasteiger partial charge in [-0.1, -0.05) is 50.6 Å². The smallest absolute Gasteiger partial charge is 0.294 e. The number of ether oxygens (including phenoxy) is 2. The molecule has 6 nitrogen and oxygen atoms in total. The van der Waals surface area contributed by atoms with E-state index in [1.54, 1.807) is 18.2 Å². The van der Waals surface area contributed by atoms with E-state index in [9.17, 15) is 9.59 Å². The van der Waals surface area contributed by atoms with Gasteiger partial charge in [-0.3, -0.25) is 14.5 Å². The van der Waals surface area contributed by atoms with Crippen LogP contribution in [-0.2, 0) is 19.7 Å². The standard InChI is InChI=1S/C26H29ClN2O4/c1-26(2,3)18-8-11-22-21(14-18)29(16-24(30)28-15-20-5-4-12-32-20)25(31)23(33-22)13-17-6-9-19(27)10-7-17/h6-11,13-14,20H,4-5,12,15-16H2,1-3H3,(H,28,30)/b23-13+. The lowest BCUT2D eigenvalue weighted by Crippen LogP contribution is -2.45. The molecule has 2 heterocycles. The van der Waals surface area contributed by atoms with Crippen molar-refractivity contribution in [3.05, 3.63) is 64.4 Å². The SMILES string of the molecule is CC(C)(C)c1ccc2c(c1)N(CC(=O)NCC1CCCO1)C(=O)/C(=C\c1ccc(Cl)cc1)O2. The minimum Gasteiger partial charge on any atom is -0.449 e. The van der Waals surface area contributed by atoms with Crippen LogP contribution in [0.25, 0.3) is 6.08 Å². The van der Waals surface area contributed by atoms with E-state index in [0.29, 0.717) is 23.0 Å². The Morgan fingerprint density at radius 1 is 1.21 bits per heavy atom. The highest BCUT2D eigenvalue weighted by atomic mass is 35.5. The van der Waals surface area contributed by atoms with Gasteiger partial charge < -0.3 is 14.8 Å². The lowest BCUT2D eigenvalue weighted by molar-refractivity contribution is -0.123. The van der Waals surface area contributed by atoms with Crippen molar-refractivity contribution in [2.75, 3.05) is 24.6 Å². The van der Waals surface area contributed by atoms with Crippen LogP contribution in [0.5, 0.6) is 5.75 Å². The van der Waals surface area contributed by atoms with Gasteiger partial charge in [0, 0.05) is 18.2 Å². The topological polar surface area (TPSA) is 67.9 Å². The second kappa shape index (κ2) is 9.57. The lowest BCUT2D eigenvalue weighted by Gasteiger charge is -2.32. The molecule has 2 aliphatic rings. The molecule has 4 rings (SSSR count). The summed E-state index contributed by atoms with van der Waals surface area (Å²) in [5.41, 5.74) is 2.30. The zero-order valence-corrected chi connectivity index (χ0v) is 19.9. The zero-order chi connectivity index (χ0) is 23.6. The Balaban J connectivity index is 1.63. The molecule has 1 fully saturated rings. The lowest BCUT2D eigenvalue weighted by atomic mass is 9.86. The summed E-state index contributed by atoms with van der Waals surface area (Å²) < 4.78 is 11.6. The molecule has 7 heteroatoms. The molecule has 1 unspecified atom stereocenters. The van der Waals surface area contributed by atoms with Crippen LogP contribution in [0, 0.1) is 0 Å². The van der Waals surface area contributed by atoms with Gasteiger partial charge in [-0.2, -0.15) is 0 Å². The number of carbonyl (C=O) groups is 2. The molecule has 0 saturated carbocycles. The fraction of sp³-hybridized carbons (Fsp3) is 0.385. The van der Waals surface area contributed by atoms with Gasteiger partial charge in [-0.25, -0.2) is 0 Å². The molecule has 0 bridgehead atoms. The summed E-state index contributed by atoms with van der Waals surface area (Å²) in [5, 5.41) is 3.52. The molecule has 1 atom stereocenters. The van der Waals surface area contributed by atoms with Gasteiger partial charge >= 0.3 is 0 Å². The number of nitrogens with zero attached hydrogens (tertiary/aromatic N) is 1. The Bertz CT molecular complexity index is 1070. The quantitative estimate of drug-likeness (QED) is 0.646. The molecule has 0 aromatic heterocycles. The maximum Gasteiger partial charge on any atom is 0.294 e. The summed E-state index contributed by atoms with van der Waals surface area (Å²) in [5.74, 6) is 0.0875. The number of amides is 2. The molecule has 174 valence electrons. The predicted molar refractivity (Wildman–Crippen MR) is 130 cm³/mol. The monoisotopic (exact) mass is 468 g/mol. The minimum atomic E-state index is -0.365. The van der Waals surface area contributed by atoms with Crippen LogP contribution in [-0.4, -0.2) is 37.6 Å². The van der Waals surface area contributed by atoms with Gasteiger partial charge in [0.25, 0.3) is 5.91 Å². The number of hydrogen-bond acceptors (Lipinski definition) is 4. The number of benzene rings is 2. The first kappa shape index (κ1) is 23.3. The molecule has 2 amide bonds. The summed E-state index contributed by atoms with van der Waals surface area (Å²) in [4.78, 5) is 27.7. The highest BCUT2D eigenvalue weighted by Crippen LogP contribution is 2.39. The minimum absolute atomic E-state index is 0.0366. The second-order valence-electron chi connectivity index (χ2n) is 9.43. The van der Waals surface area contributed by atoms with Gasteiger partial charge in [0.2, 0.25) is 5.91 Å². The van der Waals surface area contributed by atoms with Crippen molar-refractivity contribution in [2.24, 2.45) is 0 Å². The van der Waals surface area contributed by atoms with E-state index in [4.69, 9.17) is 21.1 Å². The molecule has 1 N–H and O–H groups in total. The fourth-order valence-corrected chi connectivity index (χ4v) is 4.00. The molecular weight excluding hydrogens is 440 g/mol. The maximum absolute atomic E-state index is 13.4. The summed E-state index contributed by atoms with van der Waals surface area (Å²) in [7, 11) is 0. The average molecular weight is 469 g/mol. The molecule has 33 heavy (non-hydrogen) atoms. The van der Waals surface area contributed by atoms with Gasteiger partial charge in [0.1, 0.15) is 6.54 Å². The van der Waals surface area contributed by atoms with Gasteiger partial charge in [-0.15, -0.1) is 0 Å². The molecule has 0 spiro atoms. The Morgan fingerprint density at radius 2 is 1.97 bits per heavy atom. The van der Waals surface area contributed by atoms with Gasteiger partial charge in [0.05, 0.1) is 11.8 Å². The van der Waals surface area contributed by atoms with E-state index in [-0.39, 0.29) is 35.6 Å². The Morgan fingerprint density at radius 3 is 2.64 bits per heavy atom.